The van der Waals surface area contributed by atoms with Crippen LogP contribution in [0.5, 0.6) is 0 Å². The number of hydrogen-bond donors (Lipinski definition) is 1. The number of rotatable bonds is 2. The average molecular weight is 358 g/mol. The van der Waals surface area contributed by atoms with Gasteiger partial charge in [0, 0.05) is 28.7 Å². The van der Waals surface area contributed by atoms with E-state index in [4.69, 9.17) is 0 Å². The molecule has 0 unspecified atom stereocenters. The Morgan fingerprint density at radius 1 is 1.00 bits per heavy atom. The SMILES string of the molecule is Cc1cc2c(cc1C#N)c(-c1cccc(C)c1C)cn2C1CCC(O)CC1. The zero-order chi connectivity index (χ0) is 19.1. The standard InChI is InChI=1S/C24H26N2O/c1-15-5-4-6-21(17(15)3)23-14-26(19-7-9-20(27)10-8-19)24-11-16(2)18(13-25)12-22(23)24/h4-6,11-12,14,19-20,27H,7-10H2,1-3H3. The summed E-state index contributed by atoms with van der Waals surface area (Å²) in [5.74, 6) is 0. The molecule has 0 radical (unpaired) electrons. The molecule has 27 heavy (non-hydrogen) atoms. The van der Waals surface area contributed by atoms with Crippen LogP contribution in [0.25, 0.3) is 22.0 Å². The van der Waals surface area contributed by atoms with Crippen LogP contribution >= 0.6 is 0 Å². The molecule has 3 heteroatoms. The van der Waals surface area contributed by atoms with Gasteiger partial charge in [-0.05, 0) is 80.8 Å². The van der Waals surface area contributed by atoms with Gasteiger partial charge in [0.2, 0.25) is 0 Å². The summed E-state index contributed by atoms with van der Waals surface area (Å²) in [6, 6.07) is 13.4. The topological polar surface area (TPSA) is 49.0 Å². The number of nitriles is 1. The second kappa shape index (κ2) is 6.87. The van der Waals surface area contributed by atoms with E-state index in [9.17, 15) is 10.4 Å². The summed E-state index contributed by atoms with van der Waals surface area (Å²) in [5.41, 5.74) is 7.97. The Kier molecular flexibility index (Phi) is 4.53. The van der Waals surface area contributed by atoms with Crippen molar-refractivity contribution in [2.75, 3.05) is 0 Å². The fraction of sp³-hybridized carbons (Fsp3) is 0.375. The van der Waals surface area contributed by atoms with Gasteiger partial charge in [0.15, 0.2) is 0 Å². The van der Waals surface area contributed by atoms with Crippen molar-refractivity contribution in [2.24, 2.45) is 0 Å². The molecule has 0 saturated heterocycles. The largest absolute Gasteiger partial charge is 0.393 e. The summed E-state index contributed by atoms with van der Waals surface area (Å²) in [4.78, 5) is 0. The monoisotopic (exact) mass is 358 g/mol. The third kappa shape index (κ3) is 3.05. The van der Waals surface area contributed by atoms with Gasteiger partial charge in [-0.25, -0.2) is 0 Å². The van der Waals surface area contributed by atoms with Crippen LogP contribution in [0.4, 0.5) is 0 Å². The molecule has 0 amide bonds. The molecule has 1 aromatic heterocycles. The summed E-state index contributed by atoms with van der Waals surface area (Å²) in [6.07, 6.45) is 5.83. The third-order valence-electron chi connectivity index (χ3n) is 6.25. The Labute approximate surface area is 160 Å². The van der Waals surface area contributed by atoms with Gasteiger partial charge in [-0.15, -0.1) is 0 Å². The number of nitrogens with zero attached hydrogens (tertiary/aromatic N) is 2. The van der Waals surface area contributed by atoms with Crippen LogP contribution in [0.3, 0.4) is 0 Å². The molecule has 1 N–H and O–H groups in total. The molecule has 0 atom stereocenters. The first-order chi connectivity index (χ1) is 13.0. The quantitative estimate of drug-likeness (QED) is 0.650. The second-order valence-electron chi connectivity index (χ2n) is 7.96. The summed E-state index contributed by atoms with van der Waals surface area (Å²) in [5, 5.41) is 20.6. The van der Waals surface area contributed by atoms with Gasteiger partial charge < -0.3 is 9.67 Å². The smallest absolute Gasteiger partial charge is 0.0994 e. The number of benzene rings is 2. The Balaban J connectivity index is 1.96. The number of fused-ring (bicyclic) bond motifs is 1. The van der Waals surface area contributed by atoms with Crippen LogP contribution < -0.4 is 0 Å². The van der Waals surface area contributed by atoms with Gasteiger partial charge in [0.1, 0.15) is 0 Å². The van der Waals surface area contributed by atoms with E-state index in [2.05, 4.69) is 61.0 Å². The maximum atomic E-state index is 9.90. The van der Waals surface area contributed by atoms with E-state index < -0.39 is 0 Å². The van der Waals surface area contributed by atoms with Crippen molar-refractivity contribution in [3.8, 4) is 17.2 Å². The van der Waals surface area contributed by atoms with Crippen LogP contribution in [0, 0.1) is 32.1 Å². The minimum Gasteiger partial charge on any atom is -0.393 e. The highest BCUT2D eigenvalue weighted by atomic mass is 16.3. The van der Waals surface area contributed by atoms with Crippen molar-refractivity contribution >= 4 is 10.9 Å². The van der Waals surface area contributed by atoms with Crippen LogP contribution in [0.1, 0.15) is 54.0 Å². The second-order valence-corrected chi connectivity index (χ2v) is 7.96. The zero-order valence-corrected chi connectivity index (χ0v) is 16.3. The normalized spacial score (nSPS) is 20.0. The van der Waals surface area contributed by atoms with Gasteiger partial charge in [0.25, 0.3) is 0 Å². The van der Waals surface area contributed by atoms with E-state index in [1.54, 1.807) is 0 Å². The average Bonchev–Trinajstić information content (AvgIpc) is 3.02. The van der Waals surface area contributed by atoms with Gasteiger partial charge in [0.05, 0.1) is 17.7 Å². The van der Waals surface area contributed by atoms with Crippen molar-refractivity contribution in [3.05, 3.63) is 58.8 Å². The molecule has 1 aliphatic rings. The van der Waals surface area contributed by atoms with E-state index in [1.165, 1.54) is 27.8 Å². The van der Waals surface area contributed by atoms with Crippen LogP contribution in [-0.4, -0.2) is 15.8 Å². The van der Waals surface area contributed by atoms with Crippen molar-refractivity contribution in [1.29, 1.82) is 5.26 Å². The number of aryl methyl sites for hydroxylation is 2. The predicted molar refractivity (Wildman–Crippen MR) is 110 cm³/mol. The van der Waals surface area contributed by atoms with Crippen molar-refractivity contribution in [2.45, 2.75) is 58.6 Å². The summed E-state index contributed by atoms with van der Waals surface area (Å²) < 4.78 is 2.40. The van der Waals surface area contributed by atoms with E-state index in [0.29, 0.717) is 6.04 Å². The van der Waals surface area contributed by atoms with Crippen LogP contribution in [-0.2, 0) is 0 Å². The first kappa shape index (κ1) is 17.8. The molecule has 0 spiro atoms. The van der Waals surface area contributed by atoms with Crippen molar-refractivity contribution in [3.63, 3.8) is 0 Å². The molecule has 3 nitrogen and oxygen atoms in total. The lowest BCUT2D eigenvalue weighted by molar-refractivity contribution is 0.111. The molecule has 0 aliphatic heterocycles. The molecule has 4 rings (SSSR count). The molecule has 1 aliphatic carbocycles. The van der Waals surface area contributed by atoms with Crippen LogP contribution in [0.15, 0.2) is 36.5 Å². The maximum Gasteiger partial charge on any atom is 0.0994 e. The summed E-state index contributed by atoms with van der Waals surface area (Å²) in [7, 11) is 0. The minimum atomic E-state index is -0.159. The molecular formula is C24H26N2O. The maximum absolute atomic E-state index is 9.90. The predicted octanol–water partition coefficient (Wildman–Crippen LogP) is 5.58. The highest BCUT2D eigenvalue weighted by Crippen LogP contribution is 2.39. The lowest BCUT2D eigenvalue weighted by Gasteiger charge is -2.27. The molecule has 1 saturated carbocycles. The summed E-state index contributed by atoms with van der Waals surface area (Å²) in [6.45, 7) is 6.33. The first-order valence-electron chi connectivity index (χ1n) is 9.79. The van der Waals surface area contributed by atoms with E-state index in [0.717, 1.165) is 42.2 Å². The van der Waals surface area contributed by atoms with Gasteiger partial charge in [-0.1, -0.05) is 18.2 Å². The Morgan fingerprint density at radius 3 is 2.44 bits per heavy atom. The number of hydrogen-bond acceptors (Lipinski definition) is 2. The lowest BCUT2D eigenvalue weighted by atomic mass is 9.93. The zero-order valence-electron chi connectivity index (χ0n) is 16.3. The number of aromatic nitrogens is 1. The molecule has 1 fully saturated rings. The molecule has 1 heterocycles. The van der Waals surface area contributed by atoms with Crippen molar-refractivity contribution < 1.29 is 5.11 Å². The molecular weight excluding hydrogens is 332 g/mol. The Bertz CT molecular complexity index is 1050. The lowest BCUT2D eigenvalue weighted by Crippen LogP contribution is -2.20. The molecule has 0 bridgehead atoms. The highest BCUT2D eigenvalue weighted by Gasteiger charge is 2.24. The first-order valence-corrected chi connectivity index (χ1v) is 9.79. The third-order valence-corrected chi connectivity index (χ3v) is 6.25. The minimum absolute atomic E-state index is 0.159. The van der Waals surface area contributed by atoms with E-state index in [-0.39, 0.29) is 6.10 Å². The number of aliphatic hydroxyl groups is 1. The fourth-order valence-corrected chi connectivity index (χ4v) is 4.42. The highest BCUT2D eigenvalue weighted by molar-refractivity contribution is 5.98. The molecule has 3 aromatic rings. The van der Waals surface area contributed by atoms with Gasteiger partial charge in [-0.3, -0.25) is 0 Å². The van der Waals surface area contributed by atoms with Gasteiger partial charge >= 0.3 is 0 Å². The summed E-state index contributed by atoms with van der Waals surface area (Å²) >= 11 is 0. The Morgan fingerprint density at radius 2 is 1.74 bits per heavy atom. The van der Waals surface area contributed by atoms with E-state index in [1.807, 2.05) is 6.92 Å². The Hall–Kier alpha value is -2.57. The van der Waals surface area contributed by atoms with Crippen LogP contribution in [0.2, 0.25) is 0 Å². The molecule has 138 valence electrons. The fourth-order valence-electron chi connectivity index (χ4n) is 4.42. The van der Waals surface area contributed by atoms with E-state index >= 15 is 0 Å². The van der Waals surface area contributed by atoms with Crippen molar-refractivity contribution in [1.82, 2.24) is 4.57 Å². The molecule has 2 aromatic carbocycles. The number of aliphatic hydroxyl groups excluding tert-OH is 1. The van der Waals surface area contributed by atoms with Gasteiger partial charge in [-0.2, -0.15) is 5.26 Å².